The molecule has 2 aromatic carbocycles. The molecular formula is C17H16O6S. The molecule has 0 fully saturated rings. The van der Waals surface area contributed by atoms with E-state index < -0.39 is 21.8 Å². The Kier molecular flexibility index (Phi) is 5.59. The lowest BCUT2D eigenvalue weighted by molar-refractivity contribution is -0.134. The van der Waals surface area contributed by atoms with Crippen LogP contribution in [0.5, 0.6) is 5.75 Å². The number of hydrogen-bond acceptors (Lipinski definition) is 5. The second kappa shape index (κ2) is 7.65. The Hall–Kier alpha value is -2.80. The molecular weight excluding hydrogens is 332 g/mol. The molecule has 6 nitrogen and oxygen atoms in total. The van der Waals surface area contributed by atoms with Crippen LogP contribution in [0.15, 0.2) is 60.4 Å². The van der Waals surface area contributed by atoms with Crippen molar-refractivity contribution >= 4 is 22.2 Å². The van der Waals surface area contributed by atoms with Gasteiger partial charge in [0.2, 0.25) is 5.76 Å². The van der Waals surface area contributed by atoms with E-state index in [9.17, 15) is 13.2 Å². The summed E-state index contributed by atoms with van der Waals surface area (Å²) in [7, 11) is -3.91. The lowest BCUT2D eigenvalue weighted by Gasteiger charge is -2.07. The van der Waals surface area contributed by atoms with Crippen molar-refractivity contribution in [3.05, 3.63) is 71.5 Å². The van der Waals surface area contributed by atoms with Crippen LogP contribution in [-0.2, 0) is 25.7 Å². The molecule has 0 amide bonds. The summed E-state index contributed by atoms with van der Waals surface area (Å²) in [6.45, 7) is 0.410. The highest BCUT2D eigenvalue weighted by atomic mass is 32.2. The molecule has 7 heteroatoms. The quantitative estimate of drug-likeness (QED) is 0.470. The highest BCUT2D eigenvalue weighted by Crippen LogP contribution is 2.17. The molecule has 0 unspecified atom stereocenters. The van der Waals surface area contributed by atoms with Gasteiger partial charge >= 0.3 is 16.1 Å². The molecule has 0 saturated heterocycles. The Bertz CT molecular complexity index is 823. The molecule has 0 radical (unpaired) electrons. The average molecular weight is 348 g/mol. The molecule has 1 N–H and O–H groups in total. The first-order valence-corrected chi connectivity index (χ1v) is 8.76. The molecule has 0 atom stereocenters. The van der Waals surface area contributed by atoms with Gasteiger partial charge in [0.1, 0.15) is 12.4 Å². The van der Waals surface area contributed by atoms with Crippen LogP contribution in [0.1, 0.15) is 11.1 Å². The second-order valence-electron chi connectivity index (χ2n) is 4.94. The third-order valence-corrected chi connectivity index (χ3v) is 3.36. The van der Waals surface area contributed by atoms with Gasteiger partial charge in [-0.1, -0.05) is 42.5 Å². The minimum atomic E-state index is -3.91. The van der Waals surface area contributed by atoms with Crippen molar-refractivity contribution < 1.29 is 27.2 Å². The number of benzene rings is 2. The summed E-state index contributed by atoms with van der Waals surface area (Å²) in [5, 5.41) is 8.98. The molecule has 0 spiro atoms. The fourth-order valence-electron chi connectivity index (χ4n) is 1.84. The van der Waals surface area contributed by atoms with Gasteiger partial charge in [0.25, 0.3) is 0 Å². The van der Waals surface area contributed by atoms with Gasteiger partial charge in [0.15, 0.2) is 0 Å². The Morgan fingerprint density at radius 3 is 2.25 bits per heavy atom. The third kappa shape index (κ3) is 5.77. The summed E-state index contributed by atoms with van der Waals surface area (Å²) in [5.74, 6) is -1.53. The number of carbonyl (C=O) groups is 1. The summed E-state index contributed by atoms with van der Waals surface area (Å²) >= 11 is 0. The lowest BCUT2D eigenvalue weighted by atomic mass is 10.2. The molecule has 0 bridgehead atoms. The van der Waals surface area contributed by atoms with Crippen LogP contribution in [0.3, 0.4) is 0 Å². The van der Waals surface area contributed by atoms with Gasteiger partial charge in [-0.25, -0.2) is 4.79 Å². The highest BCUT2D eigenvalue weighted by molar-refractivity contribution is 7.86. The number of carboxylic acids is 1. The first-order chi connectivity index (χ1) is 11.3. The normalized spacial score (nSPS) is 11.8. The fourth-order valence-corrected chi connectivity index (χ4v) is 2.28. The maximum Gasteiger partial charge on any atom is 0.372 e. The van der Waals surface area contributed by atoms with E-state index in [0.29, 0.717) is 17.9 Å². The van der Waals surface area contributed by atoms with Gasteiger partial charge in [-0.15, -0.1) is 0 Å². The van der Waals surface area contributed by atoms with E-state index in [-0.39, 0.29) is 0 Å². The first-order valence-electron chi connectivity index (χ1n) is 6.95. The van der Waals surface area contributed by atoms with Gasteiger partial charge in [-0.2, -0.15) is 8.42 Å². The highest BCUT2D eigenvalue weighted by Gasteiger charge is 2.15. The summed E-state index contributed by atoms with van der Waals surface area (Å²) in [5.41, 5.74) is 1.50. The molecule has 126 valence electrons. The van der Waals surface area contributed by atoms with E-state index in [0.717, 1.165) is 17.9 Å². The summed E-state index contributed by atoms with van der Waals surface area (Å²) < 4.78 is 32.2. The number of rotatable bonds is 7. The largest absolute Gasteiger partial charge is 0.489 e. The smallest absolute Gasteiger partial charge is 0.372 e. The standard InChI is InChI=1S/C17H16O6S/c1-24(20,21)23-16(17(18)19)11-13-7-9-15(10-8-13)22-12-14-5-3-2-4-6-14/h2-11H,12H2,1H3,(H,18,19)/b16-11-. The zero-order valence-electron chi connectivity index (χ0n) is 12.9. The minimum Gasteiger partial charge on any atom is -0.489 e. The Balaban J connectivity index is 2.07. The van der Waals surface area contributed by atoms with Crippen molar-refractivity contribution in [2.45, 2.75) is 6.61 Å². The van der Waals surface area contributed by atoms with Crippen LogP contribution in [0.2, 0.25) is 0 Å². The van der Waals surface area contributed by atoms with E-state index in [1.54, 1.807) is 24.3 Å². The Morgan fingerprint density at radius 2 is 1.71 bits per heavy atom. The van der Waals surface area contributed by atoms with Gasteiger partial charge in [0.05, 0.1) is 6.26 Å². The van der Waals surface area contributed by atoms with Gasteiger partial charge in [-0.3, -0.25) is 0 Å². The predicted molar refractivity (Wildman–Crippen MR) is 88.8 cm³/mol. The molecule has 0 aliphatic rings. The first kappa shape index (κ1) is 17.6. The van der Waals surface area contributed by atoms with Crippen LogP contribution in [0.25, 0.3) is 6.08 Å². The third-order valence-electron chi connectivity index (χ3n) is 2.88. The van der Waals surface area contributed by atoms with Crippen molar-refractivity contribution in [3.8, 4) is 5.75 Å². The van der Waals surface area contributed by atoms with Crippen LogP contribution in [0, 0.1) is 0 Å². The zero-order chi connectivity index (χ0) is 17.6. The average Bonchev–Trinajstić information content (AvgIpc) is 2.53. The topological polar surface area (TPSA) is 89.9 Å². The van der Waals surface area contributed by atoms with E-state index in [1.807, 2.05) is 30.3 Å². The van der Waals surface area contributed by atoms with E-state index in [1.165, 1.54) is 0 Å². The van der Waals surface area contributed by atoms with E-state index >= 15 is 0 Å². The van der Waals surface area contributed by atoms with Crippen molar-refractivity contribution in [1.82, 2.24) is 0 Å². The van der Waals surface area contributed by atoms with Crippen molar-refractivity contribution in [2.75, 3.05) is 6.26 Å². The number of carboxylic acid groups (broad SMARTS) is 1. The van der Waals surface area contributed by atoms with Gasteiger partial charge < -0.3 is 14.0 Å². The maximum atomic E-state index is 11.1. The molecule has 2 aromatic rings. The summed E-state index contributed by atoms with van der Waals surface area (Å²) in [4.78, 5) is 11.0. The van der Waals surface area contributed by atoms with Crippen molar-refractivity contribution in [3.63, 3.8) is 0 Å². The van der Waals surface area contributed by atoms with Crippen molar-refractivity contribution in [2.24, 2.45) is 0 Å². The Morgan fingerprint density at radius 1 is 1.08 bits per heavy atom. The van der Waals surface area contributed by atoms with Crippen molar-refractivity contribution in [1.29, 1.82) is 0 Å². The molecule has 0 heterocycles. The lowest BCUT2D eigenvalue weighted by Crippen LogP contribution is -2.10. The van der Waals surface area contributed by atoms with Crippen LogP contribution >= 0.6 is 0 Å². The van der Waals surface area contributed by atoms with Crippen LogP contribution < -0.4 is 4.74 Å². The maximum absolute atomic E-state index is 11.1. The predicted octanol–water partition coefficient (Wildman–Crippen LogP) is 2.67. The van der Waals surface area contributed by atoms with Crippen LogP contribution in [0.4, 0.5) is 0 Å². The molecule has 0 saturated carbocycles. The molecule has 0 aromatic heterocycles. The molecule has 0 aliphatic heterocycles. The second-order valence-corrected chi connectivity index (χ2v) is 6.52. The SMILES string of the molecule is CS(=O)(=O)O/C(=C\c1ccc(OCc2ccccc2)cc1)C(=O)O. The zero-order valence-corrected chi connectivity index (χ0v) is 13.7. The molecule has 0 aliphatic carbocycles. The summed E-state index contributed by atoms with van der Waals surface area (Å²) in [6, 6.07) is 16.2. The van der Waals surface area contributed by atoms with Gasteiger partial charge in [-0.05, 0) is 29.3 Å². The summed E-state index contributed by atoms with van der Waals surface area (Å²) in [6.07, 6.45) is 1.91. The van der Waals surface area contributed by atoms with E-state index in [4.69, 9.17) is 9.84 Å². The fraction of sp³-hybridized carbons (Fsp3) is 0.118. The van der Waals surface area contributed by atoms with Crippen LogP contribution in [-0.4, -0.2) is 25.7 Å². The molecule has 24 heavy (non-hydrogen) atoms. The van der Waals surface area contributed by atoms with E-state index in [2.05, 4.69) is 4.18 Å². The van der Waals surface area contributed by atoms with Gasteiger partial charge in [0, 0.05) is 0 Å². The minimum absolute atomic E-state index is 0.410. The number of hydrogen-bond donors (Lipinski definition) is 1. The number of aliphatic carboxylic acids is 1. The Labute approximate surface area is 140 Å². The monoisotopic (exact) mass is 348 g/mol. The number of ether oxygens (including phenoxy) is 1. The molecule has 2 rings (SSSR count).